The predicted molar refractivity (Wildman–Crippen MR) is 104 cm³/mol. The Hall–Kier alpha value is -1.84. The van der Waals surface area contributed by atoms with Gasteiger partial charge in [-0.1, -0.05) is 42.5 Å². The van der Waals surface area contributed by atoms with Gasteiger partial charge in [-0.2, -0.15) is 0 Å². The number of phenols is 1. The fraction of sp³-hybridized carbons (Fsp3) is 0.478. The van der Waals surface area contributed by atoms with Crippen molar-refractivity contribution in [2.24, 2.45) is 17.8 Å². The van der Waals surface area contributed by atoms with Crippen LogP contribution in [0.1, 0.15) is 29.9 Å². The van der Waals surface area contributed by atoms with Gasteiger partial charge in [0.2, 0.25) is 0 Å². The third kappa shape index (κ3) is 3.94. The topological polar surface area (TPSA) is 43.7 Å². The molecule has 3 heteroatoms. The molecule has 4 atom stereocenters. The van der Waals surface area contributed by atoms with Crippen molar-refractivity contribution in [3.05, 3.63) is 65.7 Å². The molecule has 0 bridgehead atoms. The molecule has 138 valence electrons. The first kappa shape index (κ1) is 17.6. The Kier molecular flexibility index (Phi) is 5.28. The molecule has 2 fully saturated rings. The van der Waals surface area contributed by atoms with Gasteiger partial charge in [0.25, 0.3) is 0 Å². The van der Waals surface area contributed by atoms with E-state index in [0.29, 0.717) is 0 Å². The molecule has 26 heavy (non-hydrogen) atoms. The van der Waals surface area contributed by atoms with E-state index in [9.17, 15) is 10.2 Å². The van der Waals surface area contributed by atoms with Crippen molar-refractivity contribution >= 4 is 0 Å². The SMILES string of the molecule is OCC(CN1C[C@H]2CC(Cc3ccccc3)C[C@H]2C1)c1ccc(O)cc1. The van der Waals surface area contributed by atoms with Crippen LogP contribution < -0.4 is 0 Å². The van der Waals surface area contributed by atoms with E-state index in [4.69, 9.17) is 0 Å². The van der Waals surface area contributed by atoms with E-state index in [-0.39, 0.29) is 18.3 Å². The number of benzene rings is 2. The first-order valence-corrected chi connectivity index (χ1v) is 9.87. The Bertz CT molecular complexity index is 686. The standard InChI is InChI=1S/C23H29NO2/c25-16-22(19-6-8-23(26)9-7-19)15-24-13-20-11-18(12-21(20)14-24)10-17-4-2-1-3-5-17/h1-9,18,20-22,25-26H,10-16H2/t18?,20-,21+,22?. The number of aliphatic hydroxyl groups excluding tert-OH is 1. The van der Waals surface area contributed by atoms with Crippen LogP contribution >= 0.6 is 0 Å². The van der Waals surface area contributed by atoms with Crippen molar-refractivity contribution in [2.45, 2.75) is 25.2 Å². The average molecular weight is 351 g/mol. The van der Waals surface area contributed by atoms with Crippen molar-refractivity contribution in [3.8, 4) is 5.75 Å². The maximum atomic E-state index is 9.83. The van der Waals surface area contributed by atoms with E-state index < -0.39 is 0 Å². The number of hydrogen-bond acceptors (Lipinski definition) is 3. The highest BCUT2D eigenvalue weighted by Crippen LogP contribution is 2.43. The second-order valence-corrected chi connectivity index (χ2v) is 8.24. The maximum absolute atomic E-state index is 9.83. The molecule has 1 heterocycles. The van der Waals surface area contributed by atoms with Gasteiger partial charge in [-0.15, -0.1) is 0 Å². The quantitative estimate of drug-likeness (QED) is 0.835. The Morgan fingerprint density at radius 1 is 0.923 bits per heavy atom. The van der Waals surface area contributed by atoms with Crippen LogP contribution in [0, 0.1) is 17.8 Å². The molecule has 2 N–H and O–H groups in total. The summed E-state index contributed by atoms with van der Waals surface area (Å²) in [6.45, 7) is 3.42. The largest absolute Gasteiger partial charge is 0.508 e. The zero-order chi connectivity index (χ0) is 17.9. The molecular formula is C23H29NO2. The van der Waals surface area contributed by atoms with Crippen molar-refractivity contribution in [2.75, 3.05) is 26.2 Å². The van der Waals surface area contributed by atoms with Crippen molar-refractivity contribution in [1.82, 2.24) is 4.90 Å². The summed E-state index contributed by atoms with van der Waals surface area (Å²) in [5, 5.41) is 19.3. The molecule has 0 radical (unpaired) electrons. The summed E-state index contributed by atoms with van der Waals surface area (Å²) in [5.41, 5.74) is 2.59. The first-order chi connectivity index (χ1) is 12.7. The molecule has 0 spiro atoms. The fourth-order valence-corrected chi connectivity index (χ4v) is 5.11. The van der Waals surface area contributed by atoms with Crippen LogP contribution in [0.3, 0.4) is 0 Å². The number of rotatable bonds is 6. The van der Waals surface area contributed by atoms with Crippen LogP contribution in [0.25, 0.3) is 0 Å². The van der Waals surface area contributed by atoms with E-state index in [0.717, 1.165) is 29.9 Å². The van der Waals surface area contributed by atoms with E-state index in [1.54, 1.807) is 12.1 Å². The lowest BCUT2D eigenvalue weighted by molar-refractivity contribution is 0.211. The molecule has 2 unspecified atom stereocenters. The molecule has 2 aliphatic rings. The Labute approximate surface area is 156 Å². The molecule has 0 aromatic heterocycles. The Morgan fingerprint density at radius 2 is 1.58 bits per heavy atom. The summed E-state index contributed by atoms with van der Waals surface area (Å²) in [4.78, 5) is 2.54. The van der Waals surface area contributed by atoms with Gasteiger partial charge in [-0.25, -0.2) is 0 Å². The molecule has 1 saturated heterocycles. The molecule has 2 aromatic rings. The summed E-state index contributed by atoms with van der Waals surface area (Å²) >= 11 is 0. The summed E-state index contributed by atoms with van der Waals surface area (Å²) < 4.78 is 0. The number of fused-ring (bicyclic) bond motifs is 1. The van der Waals surface area contributed by atoms with Gasteiger partial charge >= 0.3 is 0 Å². The molecule has 1 aliphatic carbocycles. The van der Waals surface area contributed by atoms with Gasteiger partial charge in [-0.3, -0.25) is 0 Å². The van der Waals surface area contributed by atoms with Crippen LogP contribution in [0.5, 0.6) is 5.75 Å². The second kappa shape index (κ2) is 7.81. The van der Waals surface area contributed by atoms with Gasteiger partial charge < -0.3 is 15.1 Å². The lowest BCUT2D eigenvalue weighted by Crippen LogP contribution is -2.29. The molecule has 4 rings (SSSR count). The second-order valence-electron chi connectivity index (χ2n) is 8.24. The lowest BCUT2D eigenvalue weighted by Gasteiger charge is -2.24. The number of nitrogens with zero attached hydrogens (tertiary/aromatic N) is 1. The van der Waals surface area contributed by atoms with Crippen molar-refractivity contribution < 1.29 is 10.2 Å². The van der Waals surface area contributed by atoms with Crippen LogP contribution in [0.4, 0.5) is 0 Å². The number of aliphatic hydroxyl groups is 1. The fourth-order valence-electron chi connectivity index (χ4n) is 5.11. The van der Waals surface area contributed by atoms with Crippen molar-refractivity contribution in [1.29, 1.82) is 0 Å². The Morgan fingerprint density at radius 3 is 2.19 bits per heavy atom. The van der Waals surface area contributed by atoms with Gasteiger partial charge in [0.1, 0.15) is 5.75 Å². The molecular weight excluding hydrogens is 322 g/mol. The van der Waals surface area contributed by atoms with Gasteiger partial charge in [0, 0.05) is 25.6 Å². The highest BCUT2D eigenvalue weighted by molar-refractivity contribution is 5.28. The Balaban J connectivity index is 1.30. The first-order valence-electron chi connectivity index (χ1n) is 9.87. The zero-order valence-electron chi connectivity index (χ0n) is 15.3. The molecule has 3 nitrogen and oxygen atoms in total. The smallest absolute Gasteiger partial charge is 0.115 e. The summed E-state index contributed by atoms with van der Waals surface area (Å²) in [5.74, 6) is 2.89. The molecule has 1 aliphatic heterocycles. The van der Waals surface area contributed by atoms with E-state index in [1.165, 1.54) is 37.9 Å². The van der Waals surface area contributed by atoms with E-state index in [2.05, 4.69) is 35.2 Å². The van der Waals surface area contributed by atoms with E-state index in [1.807, 2.05) is 12.1 Å². The minimum absolute atomic E-state index is 0.134. The van der Waals surface area contributed by atoms with Crippen LogP contribution in [-0.2, 0) is 6.42 Å². The molecule has 1 saturated carbocycles. The van der Waals surface area contributed by atoms with E-state index >= 15 is 0 Å². The summed E-state index contributed by atoms with van der Waals surface area (Å²) in [7, 11) is 0. The maximum Gasteiger partial charge on any atom is 0.115 e. The summed E-state index contributed by atoms with van der Waals surface area (Å²) in [6.07, 6.45) is 3.92. The van der Waals surface area contributed by atoms with Crippen molar-refractivity contribution in [3.63, 3.8) is 0 Å². The molecule has 2 aromatic carbocycles. The van der Waals surface area contributed by atoms with Gasteiger partial charge in [0.15, 0.2) is 0 Å². The monoisotopic (exact) mass is 351 g/mol. The number of phenolic OH excluding ortho intramolecular Hbond substituents is 1. The predicted octanol–water partition coefficient (Wildman–Crippen LogP) is 3.67. The summed E-state index contributed by atoms with van der Waals surface area (Å²) in [6, 6.07) is 18.2. The van der Waals surface area contributed by atoms with Crippen LogP contribution in [0.2, 0.25) is 0 Å². The minimum atomic E-state index is 0.134. The third-order valence-corrected chi connectivity index (χ3v) is 6.35. The number of aromatic hydroxyl groups is 1. The lowest BCUT2D eigenvalue weighted by atomic mass is 9.96. The zero-order valence-corrected chi connectivity index (χ0v) is 15.3. The minimum Gasteiger partial charge on any atom is -0.508 e. The number of hydrogen-bond donors (Lipinski definition) is 2. The van der Waals surface area contributed by atoms with Crippen LogP contribution in [0.15, 0.2) is 54.6 Å². The highest BCUT2D eigenvalue weighted by atomic mass is 16.3. The van der Waals surface area contributed by atoms with Crippen LogP contribution in [-0.4, -0.2) is 41.4 Å². The number of likely N-dealkylation sites (tertiary alicyclic amines) is 1. The molecule has 0 amide bonds. The average Bonchev–Trinajstić information content (AvgIpc) is 3.19. The van der Waals surface area contributed by atoms with Gasteiger partial charge in [-0.05, 0) is 60.3 Å². The normalized spacial score (nSPS) is 26.7. The van der Waals surface area contributed by atoms with Gasteiger partial charge in [0.05, 0.1) is 6.61 Å². The third-order valence-electron chi connectivity index (χ3n) is 6.35. The highest BCUT2D eigenvalue weighted by Gasteiger charge is 2.40.